The van der Waals surface area contributed by atoms with Gasteiger partial charge in [0.15, 0.2) is 0 Å². The molecule has 0 saturated carbocycles. The number of nitrogens with two attached hydrogens (primary N) is 1. The molecule has 0 aromatic rings. The van der Waals surface area contributed by atoms with E-state index < -0.39 is 5.41 Å². The standard InChI is InChI=1S/C14H30N2O2/c1-5-13(6-2,11-17)10-16-12(18)14(7-3,8-4)9-15/h17H,5-11,15H2,1-4H3,(H,16,18). The molecule has 18 heavy (non-hydrogen) atoms. The van der Waals surface area contributed by atoms with Crippen molar-refractivity contribution < 1.29 is 9.90 Å². The third-order valence-electron chi connectivity index (χ3n) is 4.69. The third kappa shape index (κ3) is 3.69. The van der Waals surface area contributed by atoms with Gasteiger partial charge in [-0.3, -0.25) is 4.79 Å². The molecule has 0 aliphatic carbocycles. The third-order valence-corrected chi connectivity index (χ3v) is 4.69. The van der Waals surface area contributed by atoms with Crippen LogP contribution in [-0.2, 0) is 4.79 Å². The summed E-state index contributed by atoms with van der Waals surface area (Å²) in [7, 11) is 0. The Hall–Kier alpha value is -0.610. The SMILES string of the molecule is CCC(CC)(CO)CNC(=O)C(CC)(CC)CN. The van der Waals surface area contributed by atoms with Crippen molar-refractivity contribution in [2.45, 2.75) is 53.4 Å². The monoisotopic (exact) mass is 258 g/mol. The molecular formula is C14H30N2O2. The van der Waals surface area contributed by atoms with Crippen LogP contribution in [0.25, 0.3) is 0 Å². The molecule has 0 spiro atoms. The van der Waals surface area contributed by atoms with Gasteiger partial charge in [0, 0.05) is 18.5 Å². The summed E-state index contributed by atoms with van der Waals surface area (Å²) in [6.07, 6.45) is 3.20. The summed E-state index contributed by atoms with van der Waals surface area (Å²) in [5.74, 6) is 0.0229. The lowest BCUT2D eigenvalue weighted by Gasteiger charge is -2.33. The van der Waals surface area contributed by atoms with Crippen LogP contribution in [0.15, 0.2) is 0 Å². The number of hydrogen-bond donors (Lipinski definition) is 3. The van der Waals surface area contributed by atoms with Crippen LogP contribution in [0.2, 0.25) is 0 Å². The Morgan fingerprint density at radius 3 is 1.89 bits per heavy atom. The number of rotatable bonds is 9. The van der Waals surface area contributed by atoms with Crippen LogP contribution in [0.1, 0.15) is 53.4 Å². The zero-order valence-electron chi connectivity index (χ0n) is 12.4. The molecule has 0 aliphatic heterocycles. The van der Waals surface area contributed by atoms with Crippen molar-refractivity contribution in [2.75, 3.05) is 19.7 Å². The first-order valence-corrected chi connectivity index (χ1v) is 7.09. The molecule has 0 rings (SSSR count). The van der Waals surface area contributed by atoms with Gasteiger partial charge in [-0.05, 0) is 25.7 Å². The molecule has 4 nitrogen and oxygen atoms in total. The van der Waals surface area contributed by atoms with Crippen molar-refractivity contribution in [2.24, 2.45) is 16.6 Å². The maximum Gasteiger partial charge on any atom is 0.227 e. The molecule has 0 bridgehead atoms. The Kier molecular flexibility index (Phi) is 7.48. The van der Waals surface area contributed by atoms with Crippen LogP contribution in [0.5, 0.6) is 0 Å². The Bertz CT molecular complexity index is 230. The average Bonchev–Trinajstić information content (AvgIpc) is 2.43. The number of carbonyl (C=O) groups excluding carboxylic acids is 1. The van der Waals surface area contributed by atoms with Crippen LogP contribution in [0.3, 0.4) is 0 Å². The molecule has 0 unspecified atom stereocenters. The first-order chi connectivity index (χ1) is 8.49. The van der Waals surface area contributed by atoms with Crippen molar-refractivity contribution in [1.29, 1.82) is 0 Å². The molecular weight excluding hydrogens is 228 g/mol. The maximum absolute atomic E-state index is 12.3. The summed E-state index contributed by atoms with van der Waals surface area (Å²) in [5.41, 5.74) is 5.10. The number of aliphatic hydroxyl groups is 1. The van der Waals surface area contributed by atoms with Crippen LogP contribution < -0.4 is 11.1 Å². The minimum atomic E-state index is -0.456. The summed E-state index contributed by atoms with van der Waals surface area (Å²) in [5, 5.41) is 12.5. The molecule has 4 heteroatoms. The number of nitrogens with one attached hydrogen (secondary N) is 1. The van der Waals surface area contributed by atoms with E-state index in [1.54, 1.807) is 0 Å². The number of hydrogen-bond acceptors (Lipinski definition) is 3. The van der Waals surface area contributed by atoms with Gasteiger partial charge in [-0.1, -0.05) is 27.7 Å². The predicted octanol–water partition coefficient (Wildman–Crippen LogP) is 1.67. The van der Waals surface area contributed by atoms with Crippen molar-refractivity contribution in [3.8, 4) is 0 Å². The topological polar surface area (TPSA) is 75.3 Å². The van der Waals surface area contributed by atoms with Gasteiger partial charge in [0.25, 0.3) is 0 Å². The van der Waals surface area contributed by atoms with E-state index in [0.29, 0.717) is 13.1 Å². The molecule has 0 aliphatic rings. The van der Waals surface area contributed by atoms with Gasteiger partial charge in [0.05, 0.1) is 12.0 Å². The van der Waals surface area contributed by atoms with Gasteiger partial charge >= 0.3 is 0 Å². The quantitative estimate of drug-likeness (QED) is 0.589. The maximum atomic E-state index is 12.3. The first-order valence-electron chi connectivity index (χ1n) is 7.09. The average molecular weight is 258 g/mol. The molecule has 0 fully saturated rings. The Morgan fingerprint density at radius 2 is 1.61 bits per heavy atom. The molecule has 4 N–H and O–H groups in total. The lowest BCUT2D eigenvalue weighted by molar-refractivity contribution is -0.131. The smallest absolute Gasteiger partial charge is 0.227 e. The van der Waals surface area contributed by atoms with E-state index in [-0.39, 0.29) is 17.9 Å². The first kappa shape index (κ1) is 17.4. The van der Waals surface area contributed by atoms with Crippen molar-refractivity contribution >= 4 is 5.91 Å². The number of carbonyl (C=O) groups is 1. The normalized spacial score (nSPS) is 12.6. The van der Waals surface area contributed by atoms with E-state index in [2.05, 4.69) is 5.32 Å². The van der Waals surface area contributed by atoms with Gasteiger partial charge in [-0.2, -0.15) is 0 Å². The second-order valence-corrected chi connectivity index (χ2v) is 5.24. The van der Waals surface area contributed by atoms with E-state index in [1.165, 1.54) is 0 Å². The lowest BCUT2D eigenvalue weighted by atomic mass is 9.79. The zero-order chi connectivity index (χ0) is 14.2. The largest absolute Gasteiger partial charge is 0.396 e. The van der Waals surface area contributed by atoms with E-state index in [4.69, 9.17) is 5.73 Å². The van der Waals surface area contributed by atoms with Crippen LogP contribution in [-0.4, -0.2) is 30.7 Å². The van der Waals surface area contributed by atoms with E-state index in [9.17, 15) is 9.90 Å². The fourth-order valence-electron chi connectivity index (χ4n) is 2.19. The zero-order valence-corrected chi connectivity index (χ0v) is 12.4. The van der Waals surface area contributed by atoms with Gasteiger partial charge in [-0.25, -0.2) is 0 Å². The minimum Gasteiger partial charge on any atom is -0.396 e. The van der Waals surface area contributed by atoms with E-state index in [1.807, 2.05) is 27.7 Å². The fraction of sp³-hybridized carbons (Fsp3) is 0.929. The van der Waals surface area contributed by atoms with Crippen LogP contribution in [0, 0.1) is 10.8 Å². The second-order valence-electron chi connectivity index (χ2n) is 5.24. The van der Waals surface area contributed by atoms with Gasteiger partial charge in [0.1, 0.15) is 0 Å². The Balaban J connectivity index is 4.66. The number of aliphatic hydroxyl groups excluding tert-OH is 1. The highest BCUT2D eigenvalue weighted by molar-refractivity contribution is 5.82. The highest BCUT2D eigenvalue weighted by Crippen LogP contribution is 2.28. The lowest BCUT2D eigenvalue weighted by Crippen LogP contribution is -2.49. The Labute approximate surface area is 111 Å². The predicted molar refractivity (Wildman–Crippen MR) is 75.2 cm³/mol. The van der Waals surface area contributed by atoms with Crippen molar-refractivity contribution in [3.05, 3.63) is 0 Å². The summed E-state index contributed by atoms with van der Waals surface area (Å²) in [6.45, 7) is 9.08. The molecule has 108 valence electrons. The summed E-state index contributed by atoms with van der Waals surface area (Å²) in [6, 6.07) is 0. The van der Waals surface area contributed by atoms with Crippen LogP contribution in [0.4, 0.5) is 0 Å². The van der Waals surface area contributed by atoms with Gasteiger partial charge in [0.2, 0.25) is 5.91 Å². The highest BCUT2D eigenvalue weighted by Gasteiger charge is 2.35. The van der Waals surface area contributed by atoms with Gasteiger partial charge < -0.3 is 16.2 Å². The summed E-state index contributed by atoms with van der Waals surface area (Å²) in [4.78, 5) is 12.3. The summed E-state index contributed by atoms with van der Waals surface area (Å²) < 4.78 is 0. The number of amides is 1. The summed E-state index contributed by atoms with van der Waals surface area (Å²) >= 11 is 0. The van der Waals surface area contributed by atoms with Crippen molar-refractivity contribution in [1.82, 2.24) is 5.32 Å². The Morgan fingerprint density at radius 1 is 1.11 bits per heavy atom. The molecule has 1 amide bonds. The van der Waals surface area contributed by atoms with Gasteiger partial charge in [-0.15, -0.1) is 0 Å². The van der Waals surface area contributed by atoms with Crippen molar-refractivity contribution in [3.63, 3.8) is 0 Å². The molecule has 0 atom stereocenters. The molecule has 0 aromatic carbocycles. The van der Waals surface area contributed by atoms with E-state index >= 15 is 0 Å². The van der Waals surface area contributed by atoms with E-state index in [0.717, 1.165) is 25.7 Å². The fourth-order valence-corrected chi connectivity index (χ4v) is 2.19. The molecule has 0 saturated heterocycles. The minimum absolute atomic E-state index is 0.0229. The molecule has 0 aromatic heterocycles. The molecule has 0 heterocycles. The second kappa shape index (κ2) is 7.74. The van der Waals surface area contributed by atoms with Crippen LogP contribution >= 0.6 is 0 Å². The molecule has 0 radical (unpaired) electrons. The highest BCUT2D eigenvalue weighted by atomic mass is 16.3.